The third-order valence-electron chi connectivity index (χ3n) is 4.84. The van der Waals surface area contributed by atoms with Crippen molar-refractivity contribution in [2.24, 2.45) is 0 Å². The molecule has 0 radical (unpaired) electrons. The number of hydrogen-bond acceptors (Lipinski definition) is 5. The van der Waals surface area contributed by atoms with E-state index in [1.165, 1.54) is 0 Å². The van der Waals surface area contributed by atoms with E-state index < -0.39 is 0 Å². The number of fused-ring (bicyclic) bond motifs is 1. The van der Waals surface area contributed by atoms with Crippen LogP contribution in [0.15, 0.2) is 35.3 Å². The second-order valence-electron chi connectivity index (χ2n) is 6.79. The van der Waals surface area contributed by atoms with Crippen molar-refractivity contribution in [1.82, 2.24) is 24.4 Å². The van der Waals surface area contributed by atoms with Crippen molar-refractivity contribution in [2.45, 2.75) is 51.6 Å². The van der Waals surface area contributed by atoms with Crippen molar-refractivity contribution in [3.63, 3.8) is 0 Å². The SMILES string of the molecule is Cc1cc(NC2CCC(n3nc(C)ccc3=O)CC2)n2nccc2n1. The van der Waals surface area contributed by atoms with E-state index in [4.69, 9.17) is 0 Å². The first-order chi connectivity index (χ1) is 12.1. The molecule has 1 aliphatic carbocycles. The summed E-state index contributed by atoms with van der Waals surface area (Å²) in [4.78, 5) is 16.5. The zero-order valence-electron chi connectivity index (χ0n) is 14.5. The summed E-state index contributed by atoms with van der Waals surface area (Å²) in [6.45, 7) is 3.91. The second-order valence-corrected chi connectivity index (χ2v) is 6.79. The molecule has 0 spiro atoms. The smallest absolute Gasteiger partial charge is 0.267 e. The van der Waals surface area contributed by atoms with E-state index in [0.29, 0.717) is 6.04 Å². The van der Waals surface area contributed by atoms with E-state index in [0.717, 1.165) is 48.5 Å². The van der Waals surface area contributed by atoms with Crippen molar-refractivity contribution in [1.29, 1.82) is 0 Å². The predicted molar refractivity (Wildman–Crippen MR) is 95.9 cm³/mol. The van der Waals surface area contributed by atoms with Crippen LogP contribution in [-0.2, 0) is 0 Å². The van der Waals surface area contributed by atoms with Crippen LogP contribution in [0.25, 0.3) is 5.65 Å². The number of anilines is 1. The van der Waals surface area contributed by atoms with Crippen molar-refractivity contribution in [3.05, 3.63) is 52.2 Å². The summed E-state index contributed by atoms with van der Waals surface area (Å²) in [5.41, 5.74) is 2.70. The van der Waals surface area contributed by atoms with Gasteiger partial charge in [0.05, 0.1) is 17.9 Å². The lowest BCUT2D eigenvalue weighted by molar-refractivity contribution is 0.302. The van der Waals surface area contributed by atoms with Crippen LogP contribution >= 0.6 is 0 Å². The first-order valence-corrected chi connectivity index (χ1v) is 8.74. The molecule has 0 aliphatic heterocycles. The average molecular weight is 338 g/mol. The molecule has 0 bridgehead atoms. The van der Waals surface area contributed by atoms with Gasteiger partial charge in [-0.15, -0.1) is 0 Å². The quantitative estimate of drug-likeness (QED) is 0.794. The van der Waals surface area contributed by atoms with Crippen molar-refractivity contribution >= 4 is 11.5 Å². The molecular formula is C18H22N6O. The molecule has 3 aromatic heterocycles. The molecule has 0 atom stereocenters. The largest absolute Gasteiger partial charge is 0.367 e. The Morgan fingerprint density at radius 3 is 2.68 bits per heavy atom. The number of nitrogens with one attached hydrogen (secondary N) is 1. The van der Waals surface area contributed by atoms with Gasteiger partial charge in [0.2, 0.25) is 0 Å². The monoisotopic (exact) mass is 338 g/mol. The number of rotatable bonds is 3. The highest BCUT2D eigenvalue weighted by Gasteiger charge is 2.24. The fraction of sp³-hybridized carbons (Fsp3) is 0.444. The van der Waals surface area contributed by atoms with Gasteiger partial charge in [0.15, 0.2) is 5.65 Å². The molecule has 4 rings (SSSR count). The highest BCUT2D eigenvalue weighted by atomic mass is 16.1. The Hall–Kier alpha value is -2.70. The van der Waals surface area contributed by atoms with E-state index in [1.54, 1.807) is 23.0 Å². The summed E-state index contributed by atoms with van der Waals surface area (Å²) in [5, 5.41) is 12.4. The Labute approximate surface area is 145 Å². The summed E-state index contributed by atoms with van der Waals surface area (Å²) >= 11 is 0. The van der Waals surface area contributed by atoms with Gasteiger partial charge in [-0.25, -0.2) is 9.67 Å². The zero-order chi connectivity index (χ0) is 17.4. The summed E-state index contributed by atoms with van der Waals surface area (Å²) in [5.74, 6) is 0.974. The molecule has 3 aromatic rings. The number of nitrogens with zero attached hydrogens (tertiary/aromatic N) is 5. The molecule has 0 saturated heterocycles. The van der Waals surface area contributed by atoms with Gasteiger partial charge in [0.1, 0.15) is 5.82 Å². The Bertz CT molecular complexity index is 952. The Balaban J connectivity index is 1.48. The van der Waals surface area contributed by atoms with E-state index >= 15 is 0 Å². The highest BCUT2D eigenvalue weighted by Crippen LogP contribution is 2.29. The minimum atomic E-state index is -0.00924. The zero-order valence-corrected chi connectivity index (χ0v) is 14.5. The van der Waals surface area contributed by atoms with E-state index in [9.17, 15) is 4.79 Å². The lowest BCUT2D eigenvalue weighted by Gasteiger charge is -2.30. The van der Waals surface area contributed by atoms with E-state index in [1.807, 2.05) is 30.5 Å². The molecule has 0 aromatic carbocycles. The van der Waals surface area contributed by atoms with Gasteiger partial charge >= 0.3 is 0 Å². The Morgan fingerprint density at radius 1 is 1.08 bits per heavy atom. The average Bonchev–Trinajstić information content (AvgIpc) is 3.06. The standard InChI is InChI=1S/C18H22N6O/c1-12-3-8-18(25)23(22-12)15-6-4-14(5-7-15)21-17-11-13(2)20-16-9-10-19-24(16)17/h3,8-11,14-15,21H,4-7H2,1-2H3. The van der Waals surface area contributed by atoms with E-state index in [2.05, 4.69) is 20.5 Å². The lowest BCUT2D eigenvalue weighted by atomic mass is 9.91. The van der Waals surface area contributed by atoms with Gasteiger partial charge in [0, 0.05) is 29.9 Å². The fourth-order valence-corrected chi connectivity index (χ4v) is 3.60. The van der Waals surface area contributed by atoms with Crippen LogP contribution in [0.3, 0.4) is 0 Å². The fourth-order valence-electron chi connectivity index (χ4n) is 3.60. The maximum Gasteiger partial charge on any atom is 0.267 e. The maximum atomic E-state index is 12.1. The van der Waals surface area contributed by atoms with Gasteiger partial charge in [-0.05, 0) is 45.6 Å². The van der Waals surface area contributed by atoms with Crippen LogP contribution in [0, 0.1) is 13.8 Å². The van der Waals surface area contributed by atoms with Crippen LogP contribution < -0.4 is 10.9 Å². The van der Waals surface area contributed by atoms with Gasteiger partial charge in [-0.2, -0.15) is 14.7 Å². The Kier molecular flexibility index (Phi) is 3.99. The van der Waals surface area contributed by atoms with Crippen LogP contribution in [0.4, 0.5) is 5.82 Å². The molecule has 25 heavy (non-hydrogen) atoms. The normalized spacial score (nSPS) is 20.7. The molecule has 7 nitrogen and oxygen atoms in total. The van der Waals surface area contributed by atoms with Crippen molar-refractivity contribution in [2.75, 3.05) is 5.32 Å². The lowest BCUT2D eigenvalue weighted by Crippen LogP contribution is -2.33. The molecule has 130 valence electrons. The van der Waals surface area contributed by atoms with Crippen LogP contribution in [0.5, 0.6) is 0 Å². The summed E-state index contributed by atoms with van der Waals surface area (Å²) < 4.78 is 3.50. The highest BCUT2D eigenvalue weighted by molar-refractivity contribution is 5.49. The summed E-state index contributed by atoms with van der Waals surface area (Å²) in [6.07, 6.45) is 5.65. The molecule has 3 heterocycles. The van der Waals surface area contributed by atoms with Crippen molar-refractivity contribution in [3.8, 4) is 0 Å². The maximum absolute atomic E-state index is 12.1. The Morgan fingerprint density at radius 2 is 1.88 bits per heavy atom. The molecular weight excluding hydrogens is 316 g/mol. The molecule has 1 aliphatic rings. The topological polar surface area (TPSA) is 77.1 Å². The summed E-state index contributed by atoms with van der Waals surface area (Å²) in [7, 11) is 0. The third-order valence-corrected chi connectivity index (χ3v) is 4.84. The van der Waals surface area contributed by atoms with Crippen molar-refractivity contribution < 1.29 is 0 Å². The molecule has 0 unspecified atom stereocenters. The minimum Gasteiger partial charge on any atom is -0.367 e. The van der Waals surface area contributed by atoms with Crippen LogP contribution in [0.1, 0.15) is 43.1 Å². The predicted octanol–water partition coefficient (Wildman–Crippen LogP) is 2.50. The first-order valence-electron chi connectivity index (χ1n) is 8.74. The molecule has 1 saturated carbocycles. The number of hydrogen-bond donors (Lipinski definition) is 1. The molecule has 0 amide bonds. The third kappa shape index (κ3) is 3.14. The molecule has 7 heteroatoms. The van der Waals surface area contributed by atoms with Gasteiger partial charge in [0.25, 0.3) is 5.56 Å². The number of aryl methyl sites for hydroxylation is 2. The van der Waals surface area contributed by atoms with Gasteiger partial charge in [-0.1, -0.05) is 0 Å². The first kappa shape index (κ1) is 15.8. The molecule has 1 N–H and O–H groups in total. The van der Waals surface area contributed by atoms with Crippen LogP contribution in [-0.4, -0.2) is 30.4 Å². The van der Waals surface area contributed by atoms with E-state index in [-0.39, 0.29) is 11.6 Å². The summed E-state index contributed by atoms with van der Waals surface area (Å²) in [6, 6.07) is 7.87. The second kappa shape index (κ2) is 6.31. The van der Waals surface area contributed by atoms with Crippen LogP contribution in [0.2, 0.25) is 0 Å². The van der Waals surface area contributed by atoms with Gasteiger partial charge < -0.3 is 5.32 Å². The molecule has 1 fully saturated rings. The number of aromatic nitrogens is 5. The minimum absolute atomic E-state index is 0.00924. The van der Waals surface area contributed by atoms with Gasteiger partial charge in [-0.3, -0.25) is 4.79 Å².